The molecule has 4 amide bonds. The van der Waals surface area contributed by atoms with E-state index in [9.17, 15) is 19.2 Å². The lowest BCUT2D eigenvalue weighted by Crippen LogP contribution is -2.19. The highest BCUT2D eigenvalue weighted by Gasteiger charge is 2.53. The van der Waals surface area contributed by atoms with E-state index >= 15 is 43.9 Å². The van der Waals surface area contributed by atoms with Gasteiger partial charge in [0.2, 0.25) is 35.3 Å². The van der Waals surface area contributed by atoms with Gasteiger partial charge in [-0.15, -0.1) is 0 Å². The van der Waals surface area contributed by atoms with Gasteiger partial charge in [0.15, 0.2) is 46.5 Å². The van der Waals surface area contributed by atoms with Crippen LogP contribution in [0.15, 0.2) is 60.7 Å². The second-order valence-electron chi connectivity index (χ2n) is 26.8. The summed E-state index contributed by atoms with van der Waals surface area (Å²) in [6.07, 6.45) is 6.96. The summed E-state index contributed by atoms with van der Waals surface area (Å²) in [5.74, 6) is -26.9. The number of amides is 4. The first-order valence-corrected chi connectivity index (χ1v) is 29.1. The number of aromatic amines is 2. The van der Waals surface area contributed by atoms with Gasteiger partial charge in [0.25, 0.3) is 0 Å². The Balaban J connectivity index is 1.19. The average Bonchev–Trinajstić information content (AvgIpc) is 1.33. The molecule has 462 valence electrons. The van der Waals surface area contributed by atoms with Gasteiger partial charge in [0.05, 0.1) is 56.7 Å². The molecule has 3 aromatic heterocycles. The first kappa shape index (κ1) is 59.6. The largest absolute Gasteiger partial charge is 0.354 e. The summed E-state index contributed by atoms with van der Waals surface area (Å²) in [7, 11) is 0. The lowest BCUT2D eigenvalue weighted by Gasteiger charge is -2.18. The number of halogens is 10. The molecule has 22 heteroatoms. The van der Waals surface area contributed by atoms with Crippen LogP contribution in [0.4, 0.5) is 66.7 Å². The standard InChI is InChI=1S/C68H56F10N8O4/c1-65(2)23-27(65)61(87)83-31-11-9-12-32(84-62(88)28-24-66(28,3)4)43(31)45-35-15-19-39(79-35)47(49-51(69)55(73)59(77)56(74)52(49)70)41-21-17-37(81-41)46(44-33(85-63(89)29-25-67(29,5)6)13-10-14-34(44)86-64(90)30-26-68(30,7)8)38-18-22-42(82-38)48(40-20-16-36(45)80-40)50-53(71)57(75)60(78)58(76)54(50)72/h9-22,27-30,79,82H,23-26H2,1-8H3,(H,83,87)(H,84,88)(H,85,89)(H,86,90)/t27-,28-,29-,30-/m1/s1. The van der Waals surface area contributed by atoms with Gasteiger partial charge in [-0.3, -0.25) is 19.2 Å². The smallest absolute Gasteiger partial charge is 0.228 e. The third-order valence-corrected chi connectivity index (χ3v) is 18.7. The summed E-state index contributed by atoms with van der Waals surface area (Å²) in [6.45, 7) is 15.1. The zero-order valence-corrected chi connectivity index (χ0v) is 49.5. The number of H-pyrrole nitrogens is 2. The van der Waals surface area contributed by atoms with Gasteiger partial charge in [-0.2, -0.15) is 0 Å². The Bertz CT molecular complexity index is 4200. The Hall–Kier alpha value is -9.34. The minimum atomic E-state index is -2.46. The maximum Gasteiger partial charge on any atom is 0.228 e. The Morgan fingerprint density at radius 2 is 0.533 bits per heavy atom. The van der Waals surface area contributed by atoms with E-state index < -0.39 is 161 Å². The van der Waals surface area contributed by atoms with Crippen LogP contribution in [0.5, 0.6) is 0 Å². The predicted molar refractivity (Wildman–Crippen MR) is 322 cm³/mol. The maximum absolute atomic E-state index is 16.8. The first-order chi connectivity index (χ1) is 42.4. The van der Waals surface area contributed by atoms with E-state index in [2.05, 4.69) is 31.2 Å². The van der Waals surface area contributed by atoms with Gasteiger partial charge in [-0.25, -0.2) is 53.9 Å². The van der Waals surface area contributed by atoms with Crippen molar-refractivity contribution in [1.29, 1.82) is 0 Å². The zero-order valence-electron chi connectivity index (χ0n) is 49.5. The summed E-state index contributed by atoms with van der Waals surface area (Å²) in [4.78, 5) is 72.7. The van der Waals surface area contributed by atoms with Crippen molar-refractivity contribution < 1.29 is 63.1 Å². The van der Waals surface area contributed by atoms with Crippen molar-refractivity contribution in [3.63, 3.8) is 0 Å². The topological polar surface area (TPSA) is 174 Å². The maximum atomic E-state index is 16.8. The zero-order chi connectivity index (χ0) is 64.3. The summed E-state index contributed by atoms with van der Waals surface area (Å²) >= 11 is 0. The summed E-state index contributed by atoms with van der Waals surface area (Å²) in [5.41, 5.74) is -8.24. The molecule has 6 aliphatic rings. The molecule has 0 saturated heterocycles. The molecule has 5 heterocycles. The molecule has 90 heavy (non-hydrogen) atoms. The van der Waals surface area contributed by atoms with Crippen molar-refractivity contribution in [2.45, 2.75) is 81.1 Å². The molecule has 4 fully saturated rings. The number of benzene rings is 4. The monoisotopic (exact) mass is 1240 g/mol. The van der Waals surface area contributed by atoms with Crippen LogP contribution in [0, 0.1) is 104 Å². The molecule has 7 aromatic rings. The van der Waals surface area contributed by atoms with Crippen molar-refractivity contribution in [3.05, 3.63) is 142 Å². The van der Waals surface area contributed by atoms with E-state index in [1.165, 1.54) is 85.0 Å². The molecule has 0 spiro atoms. The van der Waals surface area contributed by atoms with Crippen LogP contribution >= 0.6 is 0 Å². The quantitative estimate of drug-likeness (QED) is 0.0403. The number of fused-ring (bicyclic) bond motifs is 8. The molecule has 0 unspecified atom stereocenters. The van der Waals surface area contributed by atoms with Crippen molar-refractivity contribution in [3.8, 4) is 44.5 Å². The van der Waals surface area contributed by atoms with E-state index in [0.717, 1.165) is 0 Å². The van der Waals surface area contributed by atoms with Crippen molar-refractivity contribution in [2.75, 3.05) is 21.3 Å². The summed E-state index contributed by atoms with van der Waals surface area (Å²) in [5, 5.41) is 11.9. The number of aromatic nitrogens is 4. The van der Waals surface area contributed by atoms with E-state index in [1.54, 1.807) is 0 Å². The lowest BCUT2D eigenvalue weighted by atomic mass is 9.98. The fourth-order valence-corrected chi connectivity index (χ4v) is 12.5. The van der Waals surface area contributed by atoms with Crippen LogP contribution in [0.25, 0.3) is 90.9 Å². The molecule has 8 bridgehead atoms. The Morgan fingerprint density at radius 1 is 0.333 bits per heavy atom. The molecular weight excluding hydrogens is 1180 g/mol. The Morgan fingerprint density at radius 3 is 0.744 bits per heavy atom. The highest BCUT2D eigenvalue weighted by Crippen LogP contribution is 2.56. The highest BCUT2D eigenvalue weighted by molar-refractivity contribution is 6.12. The third kappa shape index (κ3) is 9.92. The van der Waals surface area contributed by atoms with Crippen LogP contribution in [-0.4, -0.2) is 43.6 Å². The molecule has 4 aliphatic carbocycles. The number of rotatable bonds is 12. The van der Waals surface area contributed by atoms with E-state index in [-0.39, 0.29) is 78.5 Å². The molecule has 12 nitrogen and oxygen atoms in total. The van der Waals surface area contributed by atoms with Gasteiger partial charge >= 0.3 is 0 Å². The molecule has 6 N–H and O–H groups in total. The highest BCUT2D eigenvalue weighted by atomic mass is 19.2. The number of hydrogen-bond donors (Lipinski definition) is 6. The normalized spacial score (nSPS) is 19.9. The van der Waals surface area contributed by atoms with Gasteiger partial charge < -0.3 is 31.2 Å². The van der Waals surface area contributed by atoms with Crippen LogP contribution < -0.4 is 21.3 Å². The molecule has 2 aliphatic heterocycles. The molecule has 4 saturated carbocycles. The van der Waals surface area contributed by atoms with E-state index in [0.29, 0.717) is 25.7 Å². The van der Waals surface area contributed by atoms with Gasteiger partial charge in [0, 0.05) is 79.1 Å². The average molecular weight is 1240 g/mol. The van der Waals surface area contributed by atoms with E-state index in [4.69, 9.17) is 9.97 Å². The second-order valence-corrected chi connectivity index (χ2v) is 26.8. The SMILES string of the molecule is CC1(C)C[C@@H]1C(=O)Nc1cccc(NC(=O)[C@H]2CC2(C)C)c1-c1c2nc(c(-c3c(F)c(F)c(F)c(F)c3F)c3ccc([nH]3)c(-c3c(NC(=O)[C@H]4CC4(C)C)cccc3NC(=O)[C@H]3CC3(C)C)c3nc(c(-c4c(F)c(F)c(F)c(F)c4F)c4ccc1[nH]4)C=C3)C=C2. The molecule has 0 radical (unpaired) electrons. The van der Waals surface area contributed by atoms with Gasteiger partial charge in [-0.1, -0.05) is 67.5 Å². The number of carbonyl (C=O) groups excluding carboxylic acids is 4. The fraction of sp³-hybridized carbons (Fsp3) is 0.294. The van der Waals surface area contributed by atoms with Crippen LogP contribution in [0.1, 0.15) is 104 Å². The molecule has 13 rings (SSSR count). The van der Waals surface area contributed by atoms with Crippen LogP contribution in [0.3, 0.4) is 0 Å². The summed E-state index contributed by atoms with van der Waals surface area (Å²) in [6, 6.07) is 14.2. The Labute approximate surface area is 507 Å². The third-order valence-electron chi connectivity index (χ3n) is 18.7. The van der Waals surface area contributed by atoms with Crippen LogP contribution in [-0.2, 0) is 19.2 Å². The van der Waals surface area contributed by atoms with E-state index in [1.807, 2.05) is 55.4 Å². The van der Waals surface area contributed by atoms with Crippen LogP contribution in [0.2, 0.25) is 0 Å². The predicted octanol–water partition coefficient (Wildman–Crippen LogP) is 16.7. The number of carbonyl (C=O) groups is 4. The van der Waals surface area contributed by atoms with Gasteiger partial charge in [-0.05, 0) is 120 Å². The minimum absolute atomic E-state index is 0.00474. The number of nitrogens with one attached hydrogen (secondary N) is 6. The number of nitrogens with zero attached hydrogens (tertiary/aromatic N) is 2. The fourth-order valence-electron chi connectivity index (χ4n) is 12.5. The van der Waals surface area contributed by atoms with Crippen molar-refractivity contribution in [2.24, 2.45) is 45.3 Å². The Kier molecular flexibility index (Phi) is 13.6. The first-order valence-electron chi connectivity index (χ1n) is 29.1. The minimum Gasteiger partial charge on any atom is -0.354 e. The molecular formula is C68H56F10N8O4. The summed E-state index contributed by atoms with van der Waals surface area (Å²) < 4.78 is 160. The number of anilines is 4. The van der Waals surface area contributed by atoms with Gasteiger partial charge in [0.1, 0.15) is 0 Å². The lowest BCUT2D eigenvalue weighted by molar-refractivity contribution is -0.118. The van der Waals surface area contributed by atoms with Crippen molar-refractivity contribution in [1.82, 2.24) is 19.9 Å². The molecule has 4 aromatic carbocycles. The number of hydrogen-bond acceptors (Lipinski definition) is 6. The second kappa shape index (κ2) is 20.6. The molecule has 4 atom stereocenters. The van der Waals surface area contributed by atoms with Crippen molar-refractivity contribution >= 4 is 92.7 Å².